The van der Waals surface area contributed by atoms with Crippen molar-refractivity contribution < 1.29 is 13.2 Å². The Morgan fingerprint density at radius 2 is 1.95 bits per heavy atom. The number of nitrogens with one attached hydrogen (secondary N) is 1. The summed E-state index contributed by atoms with van der Waals surface area (Å²) < 4.78 is 40.1. The average Bonchev–Trinajstić information content (AvgIpc) is 2.42. The van der Waals surface area contributed by atoms with Gasteiger partial charge < -0.3 is 10.2 Å². The molecule has 1 heterocycles. The molecule has 1 saturated heterocycles. The number of piperidine rings is 1. The number of halogens is 3. The number of rotatable bonds is 4. The minimum Gasteiger partial charge on any atom is -0.378 e. The summed E-state index contributed by atoms with van der Waals surface area (Å²) in [6.07, 6.45) is 2.13. The molecule has 1 fully saturated rings. The summed E-state index contributed by atoms with van der Waals surface area (Å²) >= 11 is 0. The molecule has 1 aliphatic rings. The van der Waals surface area contributed by atoms with Crippen molar-refractivity contribution in [2.45, 2.75) is 32.7 Å². The standard InChI is InChI=1S/C15H21F3N2/c1-3-20-6-4-5-11(9-20)10(2)19-15-13(17)7-12(16)8-14(15)18/h7-8,10-11,19H,3-6,9H2,1-2H3. The molecule has 2 unspecified atom stereocenters. The molecule has 0 aromatic heterocycles. The van der Waals surface area contributed by atoms with E-state index in [0.29, 0.717) is 18.1 Å². The summed E-state index contributed by atoms with van der Waals surface area (Å²) in [7, 11) is 0. The first-order chi connectivity index (χ1) is 9.51. The zero-order valence-electron chi connectivity index (χ0n) is 11.9. The Balaban J connectivity index is 2.06. The molecule has 1 aromatic rings. The van der Waals surface area contributed by atoms with Gasteiger partial charge in [-0.2, -0.15) is 0 Å². The van der Waals surface area contributed by atoms with Crippen LogP contribution in [-0.2, 0) is 0 Å². The van der Waals surface area contributed by atoms with E-state index in [9.17, 15) is 13.2 Å². The monoisotopic (exact) mass is 286 g/mol. The van der Waals surface area contributed by atoms with Crippen LogP contribution >= 0.6 is 0 Å². The molecule has 0 spiro atoms. The van der Waals surface area contributed by atoms with E-state index in [1.165, 1.54) is 0 Å². The lowest BCUT2D eigenvalue weighted by Crippen LogP contribution is -2.41. The summed E-state index contributed by atoms with van der Waals surface area (Å²) in [5.41, 5.74) is -0.229. The van der Waals surface area contributed by atoms with Crippen LogP contribution in [0.4, 0.5) is 18.9 Å². The highest BCUT2D eigenvalue weighted by molar-refractivity contribution is 5.47. The van der Waals surface area contributed by atoms with Crippen molar-refractivity contribution in [1.82, 2.24) is 4.90 Å². The highest BCUT2D eigenvalue weighted by atomic mass is 19.1. The van der Waals surface area contributed by atoms with Crippen molar-refractivity contribution in [1.29, 1.82) is 0 Å². The number of hydrogen-bond acceptors (Lipinski definition) is 2. The summed E-state index contributed by atoms with van der Waals surface area (Å²) in [6, 6.07) is 1.35. The first kappa shape index (κ1) is 15.2. The Bertz CT molecular complexity index is 441. The van der Waals surface area contributed by atoms with E-state index in [1.807, 2.05) is 6.92 Å². The molecule has 20 heavy (non-hydrogen) atoms. The minimum absolute atomic E-state index is 0.0567. The first-order valence-corrected chi connectivity index (χ1v) is 7.14. The van der Waals surface area contributed by atoms with E-state index < -0.39 is 17.5 Å². The van der Waals surface area contributed by atoms with Crippen LogP contribution in [0.1, 0.15) is 26.7 Å². The van der Waals surface area contributed by atoms with Gasteiger partial charge in [-0.25, -0.2) is 13.2 Å². The highest BCUT2D eigenvalue weighted by Crippen LogP contribution is 2.26. The minimum atomic E-state index is -0.895. The molecule has 2 nitrogen and oxygen atoms in total. The molecule has 0 amide bonds. The van der Waals surface area contributed by atoms with Crippen molar-refractivity contribution in [3.63, 3.8) is 0 Å². The molecule has 0 aliphatic carbocycles. The fourth-order valence-corrected chi connectivity index (χ4v) is 2.81. The van der Waals surface area contributed by atoms with E-state index in [4.69, 9.17) is 0 Å². The lowest BCUT2D eigenvalue weighted by molar-refractivity contribution is 0.172. The maximum Gasteiger partial charge on any atom is 0.152 e. The normalized spacial score (nSPS) is 21.8. The van der Waals surface area contributed by atoms with Crippen LogP contribution < -0.4 is 5.32 Å². The predicted octanol–water partition coefficient (Wildman–Crippen LogP) is 3.64. The topological polar surface area (TPSA) is 15.3 Å². The second-order valence-electron chi connectivity index (χ2n) is 5.47. The Labute approximate surface area is 118 Å². The lowest BCUT2D eigenvalue weighted by atomic mass is 9.91. The molecule has 5 heteroatoms. The smallest absolute Gasteiger partial charge is 0.152 e. The predicted molar refractivity (Wildman–Crippen MR) is 74.2 cm³/mol. The van der Waals surface area contributed by atoms with E-state index in [1.54, 1.807) is 0 Å². The van der Waals surface area contributed by atoms with Crippen LogP contribution in [0.3, 0.4) is 0 Å². The highest BCUT2D eigenvalue weighted by Gasteiger charge is 2.25. The van der Waals surface area contributed by atoms with Crippen LogP contribution in [0.15, 0.2) is 12.1 Å². The first-order valence-electron chi connectivity index (χ1n) is 7.14. The summed E-state index contributed by atoms with van der Waals surface area (Å²) in [6.45, 7) is 7.03. The quantitative estimate of drug-likeness (QED) is 0.909. The number of hydrogen-bond donors (Lipinski definition) is 1. The van der Waals surface area contributed by atoms with Crippen molar-refractivity contribution in [2.24, 2.45) is 5.92 Å². The van der Waals surface area contributed by atoms with E-state index >= 15 is 0 Å². The molecule has 0 bridgehead atoms. The van der Waals surface area contributed by atoms with Gasteiger partial charge in [0.2, 0.25) is 0 Å². The Hall–Kier alpha value is -1.23. The SMILES string of the molecule is CCN1CCCC(C(C)Nc2c(F)cc(F)cc2F)C1. The van der Waals surface area contributed by atoms with E-state index in [0.717, 1.165) is 32.5 Å². The molecule has 0 radical (unpaired) electrons. The van der Waals surface area contributed by atoms with Gasteiger partial charge in [-0.15, -0.1) is 0 Å². The van der Waals surface area contributed by atoms with Crippen LogP contribution in [0.2, 0.25) is 0 Å². The van der Waals surface area contributed by atoms with Crippen molar-refractivity contribution in [3.8, 4) is 0 Å². The summed E-state index contributed by atoms with van der Waals surface area (Å²) in [5.74, 6) is -2.31. The largest absolute Gasteiger partial charge is 0.378 e. The third-order valence-electron chi connectivity index (χ3n) is 4.08. The van der Waals surface area contributed by atoms with E-state index in [-0.39, 0.29) is 11.7 Å². The Kier molecular flexibility index (Phi) is 4.91. The lowest BCUT2D eigenvalue weighted by Gasteiger charge is -2.35. The molecular formula is C15H21F3N2. The van der Waals surface area contributed by atoms with Crippen molar-refractivity contribution in [3.05, 3.63) is 29.6 Å². The van der Waals surface area contributed by atoms with Crippen molar-refractivity contribution in [2.75, 3.05) is 25.0 Å². The van der Waals surface area contributed by atoms with E-state index in [2.05, 4.69) is 17.1 Å². The fourth-order valence-electron chi connectivity index (χ4n) is 2.81. The van der Waals surface area contributed by atoms with Gasteiger partial charge in [0, 0.05) is 24.7 Å². The van der Waals surface area contributed by atoms with Gasteiger partial charge in [-0.05, 0) is 38.8 Å². The molecular weight excluding hydrogens is 265 g/mol. The summed E-state index contributed by atoms with van der Waals surface area (Å²) in [5, 5.41) is 2.88. The fraction of sp³-hybridized carbons (Fsp3) is 0.600. The Morgan fingerprint density at radius 1 is 1.30 bits per heavy atom. The van der Waals surface area contributed by atoms with Crippen LogP contribution in [0, 0.1) is 23.4 Å². The third kappa shape index (κ3) is 3.45. The maximum absolute atomic E-state index is 13.6. The zero-order chi connectivity index (χ0) is 14.7. The summed E-state index contributed by atoms with van der Waals surface area (Å²) in [4.78, 5) is 2.34. The Morgan fingerprint density at radius 3 is 2.55 bits per heavy atom. The molecule has 1 aromatic carbocycles. The van der Waals surface area contributed by atoms with Gasteiger partial charge in [0.05, 0.1) is 0 Å². The second kappa shape index (κ2) is 6.48. The average molecular weight is 286 g/mol. The van der Waals surface area contributed by atoms with Gasteiger partial charge in [0.15, 0.2) is 11.6 Å². The number of benzene rings is 1. The van der Waals surface area contributed by atoms with Crippen LogP contribution in [0.5, 0.6) is 0 Å². The van der Waals surface area contributed by atoms with Gasteiger partial charge in [0.1, 0.15) is 11.5 Å². The van der Waals surface area contributed by atoms with Crippen LogP contribution in [-0.4, -0.2) is 30.6 Å². The van der Waals surface area contributed by atoms with Gasteiger partial charge in [-0.1, -0.05) is 6.92 Å². The molecule has 2 atom stereocenters. The second-order valence-corrected chi connectivity index (χ2v) is 5.47. The third-order valence-corrected chi connectivity index (χ3v) is 4.08. The molecule has 0 saturated carbocycles. The van der Waals surface area contributed by atoms with Crippen LogP contribution in [0.25, 0.3) is 0 Å². The van der Waals surface area contributed by atoms with Crippen molar-refractivity contribution >= 4 is 5.69 Å². The molecule has 2 rings (SSSR count). The van der Waals surface area contributed by atoms with Gasteiger partial charge >= 0.3 is 0 Å². The molecule has 112 valence electrons. The number of likely N-dealkylation sites (tertiary alicyclic amines) is 1. The van der Waals surface area contributed by atoms with Gasteiger partial charge in [0.25, 0.3) is 0 Å². The molecule has 1 N–H and O–H groups in total. The maximum atomic E-state index is 13.6. The number of anilines is 1. The number of nitrogens with zero attached hydrogens (tertiary/aromatic N) is 1. The van der Waals surface area contributed by atoms with Gasteiger partial charge in [-0.3, -0.25) is 0 Å². The molecule has 1 aliphatic heterocycles. The zero-order valence-corrected chi connectivity index (χ0v) is 11.9.